The zero-order valence-electron chi connectivity index (χ0n) is 8.02. The van der Waals surface area contributed by atoms with E-state index in [1.165, 1.54) is 24.3 Å². The van der Waals surface area contributed by atoms with Crippen LogP contribution in [-0.2, 0) is 20.2 Å². The third kappa shape index (κ3) is 3.89. The maximum absolute atomic E-state index is 11.0. The molecule has 6 nitrogen and oxygen atoms in total. The molecule has 0 aliphatic heterocycles. The lowest BCUT2D eigenvalue weighted by molar-refractivity contribution is 0.459. The van der Waals surface area contributed by atoms with Crippen LogP contribution in [0, 0.1) is 0 Å². The van der Waals surface area contributed by atoms with Gasteiger partial charge in [-0.05, 0) is 5.56 Å². The molecule has 0 bridgehead atoms. The number of rotatable bonds is 4. The van der Waals surface area contributed by atoms with Crippen LogP contribution in [0.3, 0.4) is 0 Å². The minimum Gasteiger partial charge on any atom is -0.285 e. The lowest BCUT2D eigenvalue weighted by atomic mass is 10.2. The van der Waals surface area contributed by atoms with E-state index in [-0.39, 0.29) is 5.56 Å². The molecule has 1 aromatic carbocycles. The Kier molecular flexibility index (Phi) is 3.68. The zero-order chi connectivity index (χ0) is 12.4. The predicted molar refractivity (Wildman–Crippen MR) is 57.1 cm³/mol. The largest absolute Gasteiger partial charge is 0.285 e. The standard InChI is InChI=1S/C8H10O6S2/c9-15(10,11)6-8(16(12,13)14)7-4-2-1-3-5-7/h1-5,8H,6H2,(H,9,10,11)(H,12,13,14). The molecule has 0 spiro atoms. The third-order valence-electron chi connectivity index (χ3n) is 1.89. The zero-order valence-corrected chi connectivity index (χ0v) is 9.65. The fourth-order valence-electron chi connectivity index (χ4n) is 1.21. The number of benzene rings is 1. The molecule has 0 amide bonds. The summed E-state index contributed by atoms with van der Waals surface area (Å²) in [6, 6.07) is 7.31. The first-order valence-electron chi connectivity index (χ1n) is 4.16. The summed E-state index contributed by atoms with van der Waals surface area (Å²) in [7, 11) is -9.08. The van der Waals surface area contributed by atoms with Crippen LogP contribution in [-0.4, -0.2) is 31.7 Å². The van der Waals surface area contributed by atoms with Crippen LogP contribution >= 0.6 is 0 Å². The molecule has 0 aromatic heterocycles. The van der Waals surface area contributed by atoms with E-state index < -0.39 is 31.2 Å². The van der Waals surface area contributed by atoms with Crippen molar-refractivity contribution >= 4 is 20.2 Å². The van der Waals surface area contributed by atoms with Crippen molar-refractivity contribution in [2.45, 2.75) is 5.25 Å². The first-order chi connectivity index (χ1) is 7.20. The highest BCUT2D eigenvalue weighted by atomic mass is 32.2. The van der Waals surface area contributed by atoms with Gasteiger partial charge in [-0.1, -0.05) is 30.3 Å². The third-order valence-corrected chi connectivity index (χ3v) is 4.02. The second kappa shape index (κ2) is 4.50. The van der Waals surface area contributed by atoms with Gasteiger partial charge >= 0.3 is 0 Å². The second-order valence-corrected chi connectivity index (χ2v) is 6.26. The van der Waals surface area contributed by atoms with Gasteiger partial charge < -0.3 is 0 Å². The van der Waals surface area contributed by atoms with Gasteiger partial charge in [0.05, 0.1) is 5.75 Å². The Morgan fingerprint density at radius 1 is 1.00 bits per heavy atom. The summed E-state index contributed by atoms with van der Waals surface area (Å²) < 4.78 is 60.8. The molecule has 2 N–H and O–H groups in total. The molecule has 0 heterocycles. The van der Waals surface area contributed by atoms with Crippen molar-refractivity contribution in [3.8, 4) is 0 Å². The molecular weight excluding hydrogens is 256 g/mol. The summed E-state index contributed by atoms with van der Waals surface area (Å²) in [5.74, 6) is -1.07. The Bertz CT molecular complexity index is 545. The van der Waals surface area contributed by atoms with Crippen LogP contribution in [0.2, 0.25) is 0 Å². The van der Waals surface area contributed by atoms with E-state index in [9.17, 15) is 16.8 Å². The normalized spacial score (nSPS) is 14.6. The van der Waals surface area contributed by atoms with E-state index >= 15 is 0 Å². The van der Waals surface area contributed by atoms with Gasteiger partial charge in [0, 0.05) is 0 Å². The lowest BCUT2D eigenvalue weighted by Gasteiger charge is -2.12. The average Bonchev–Trinajstić information content (AvgIpc) is 2.13. The first kappa shape index (κ1) is 13.1. The Hall–Kier alpha value is -0.960. The number of hydrogen-bond acceptors (Lipinski definition) is 4. The van der Waals surface area contributed by atoms with Crippen molar-refractivity contribution < 1.29 is 25.9 Å². The van der Waals surface area contributed by atoms with Gasteiger partial charge in [0.25, 0.3) is 20.2 Å². The summed E-state index contributed by atoms with van der Waals surface area (Å²) in [5, 5.41) is -1.68. The predicted octanol–water partition coefficient (Wildman–Crippen LogP) is 0.503. The minimum atomic E-state index is -4.59. The summed E-state index contributed by atoms with van der Waals surface area (Å²) >= 11 is 0. The van der Waals surface area contributed by atoms with E-state index in [0.717, 1.165) is 0 Å². The molecule has 1 aromatic rings. The monoisotopic (exact) mass is 266 g/mol. The molecule has 1 unspecified atom stereocenters. The van der Waals surface area contributed by atoms with Crippen molar-refractivity contribution in [3.05, 3.63) is 35.9 Å². The van der Waals surface area contributed by atoms with Crippen molar-refractivity contribution in [2.75, 3.05) is 5.75 Å². The summed E-state index contributed by atoms with van der Waals surface area (Å²) in [6.07, 6.45) is 0. The van der Waals surface area contributed by atoms with Crippen LogP contribution in [0.4, 0.5) is 0 Å². The van der Waals surface area contributed by atoms with Crippen molar-refractivity contribution in [1.82, 2.24) is 0 Å². The van der Waals surface area contributed by atoms with Gasteiger partial charge in [-0.3, -0.25) is 9.11 Å². The van der Waals surface area contributed by atoms with Crippen LogP contribution < -0.4 is 0 Å². The Morgan fingerprint density at radius 3 is 1.88 bits per heavy atom. The Balaban J connectivity index is 3.19. The minimum absolute atomic E-state index is 0.0997. The van der Waals surface area contributed by atoms with E-state index in [1.54, 1.807) is 6.07 Å². The molecule has 1 atom stereocenters. The molecule has 0 saturated carbocycles. The quantitative estimate of drug-likeness (QED) is 0.768. The molecular formula is C8H10O6S2. The molecule has 90 valence electrons. The fraction of sp³-hybridized carbons (Fsp3) is 0.250. The fourth-order valence-corrected chi connectivity index (χ4v) is 3.49. The molecule has 0 saturated heterocycles. The van der Waals surface area contributed by atoms with Crippen LogP contribution in [0.1, 0.15) is 10.8 Å². The highest BCUT2D eigenvalue weighted by Crippen LogP contribution is 2.22. The second-order valence-electron chi connectivity index (χ2n) is 3.16. The summed E-state index contributed by atoms with van der Waals surface area (Å²) in [5.41, 5.74) is 0.0997. The topological polar surface area (TPSA) is 109 Å². The van der Waals surface area contributed by atoms with Crippen molar-refractivity contribution in [3.63, 3.8) is 0 Å². The van der Waals surface area contributed by atoms with E-state index in [0.29, 0.717) is 0 Å². The molecule has 0 radical (unpaired) electrons. The van der Waals surface area contributed by atoms with Gasteiger partial charge in [0.2, 0.25) is 0 Å². The van der Waals surface area contributed by atoms with E-state index in [2.05, 4.69) is 0 Å². The van der Waals surface area contributed by atoms with Crippen molar-refractivity contribution in [1.29, 1.82) is 0 Å². The average molecular weight is 266 g/mol. The summed E-state index contributed by atoms with van der Waals surface area (Å²) in [6.45, 7) is 0. The maximum atomic E-state index is 11.0. The van der Waals surface area contributed by atoms with E-state index in [4.69, 9.17) is 9.11 Å². The van der Waals surface area contributed by atoms with Crippen LogP contribution in [0.15, 0.2) is 30.3 Å². The summed E-state index contributed by atoms with van der Waals surface area (Å²) in [4.78, 5) is 0. The van der Waals surface area contributed by atoms with Crippen molar-refractivity contribution in [2.24, 2.45) is 0 Å². The van der Waals surface area contributed by atoms with Gasteiger partial charge in [0.15, 0.2) is 0 Å². The molecule has 8 heteroatoms. The highest BCUT2D eigenvalue weighted by molar-refractivity contribution is 7.89. The SMILES string of the molecule is O=S(=O)(O)CC(c1ccccc1)S(=O)(=O)O. The van der Waals surface area contributed by atoms with E-state index in [1.807, 2.05) is 0 Å². The van der Waals surface area contributed by atoms with Gasteiger partial charge in [0.1, 0.15) is 5.25 Å². The molecule has 0 fully saturated rings. The molecule has 0 aliphatic rings. The molecule has 0 aliphatic carbocycles. The first-order valence-corrected chi connectivity index (χ1v) is 7.28. The van der Waals surface area contributed by atoms with Gasteiger partial charge in [-0.25, -0.2) is 0 Å². The lowest BCUT2D eigenvalue weighted by Crippen LogP contribution is -2.21. The Morgan fingerprint density at radius 2 is 1.50 bits per heavy atom. The Labute approximate surface area is 93.4 Å². The van der Waals surface area contributed by atoms with Crippen LogP contribution in [0.5, 0.6) is 0 Å². The molecule has 1 rings (SSSR count). The highest BCUT2D eigenvalue weighted by Gasteiger charge is 2.29. The molecule has 16 heavy (non-hydrogen) atoms. The number of hydrogen-bond donors (Lipinski definition) is 2. The maximum Gasteiger partial charge on any atom is 0.273 e. The van der Waals surface area contributed by atoms with Crippen LogP contribution in [0.25, 0.3) is 0 Å². The van der Waals surface area contributed by atoms with Gasteiger partial charge in [-0.2, -0.15) is 16.8 Å². The smallest absolute Gasteiger partial charge is 0.273 e. The van der Waals surface area contributed by atoms with Gasteiger partial charge in [-0.15, -0.1) is 0 Å².